The van der Waals surface area contributed by atoms with Crippen LogP contribution in [0.4, 0.5) is 10.1 Å². The summed E-state index contributed by atoms with van der Waals surface area (Å²) in [7, 11) is 0. The Kier molecular flexibility index (Phi) is 3.53. The lowest BCUT2D eigenvalue weighted by Gasteiger charge is -2.34. The van der Waals surface area contributed by atoms with Gasteiger partial charge in [0.15, 0.2) is 0 Å². The van der Waals surface area contributed by atoms with Crippen molar-refractivity contribution in [3.63, 3.8) is 0 Å². The van der Waals surface area contributed by atoms with E-state index in [4.69, 9.17) is 0 Å². The van der Waals surface area contributed by atoms with Crippen molar-refractivity contribution in [2.45, 2.75) is 12.0 Å². The van der Waals surface area contributed by atoms with Crippen molar-refractivity contribution in [2.75, 3.05) is 5.32 Å². The molecule has 5 heteroatoms. The Bertz CT molecular complexity index is 1190. The summed E-state index contributed by atoms with van der Waals surface area (Å²) in [6.45, 7) is 0. The second kappa shape index (κ2) is 6.06. The fraction of sp³-hybridized carbons (Fsp3) is 0.0909. The lowest BCUT2D eigenvalue weighted by Crippen LogP contribution is -2.28. The summed E-state index contributed by atoms with van der Waals surface area (Å²) in [4.78, 5) is 12.3. The maximum Gasteiger partial charge on any atom is 0.272 e. The number of nitrogens with one attached hydrogen (secondary N) is 2. The van der Waals surface area contributed by atoms with Crippen LogP contribution in [0.15, 0.2) is 77.6 Å². The Morgan fingerprint density at radius 1 is 0.889 bits per heavy atom. The first-order valence-corrected chi connectivity index (χ1v) is 8.80. The first-order chi connectivity index (χ1) is 13.2. The van der Waals surface area contributed by atoms with Crippen LogP contribution in [0.25, 0.3) is 10.8 Å². The van der Waals surface area contributed by atoms with Gasteiger partial charge in [-0.1, -0.05) is 60.7 Å². The summed E-state index contributed by atoms with van der Waals surface area (Å²) in [5, 5.41) is 11.4. The molecule has 0 saturated carbocycles. The van der Waals surface area contributed by atoms with E-state index in [0.29, 0.717) is 16.5 Å². The zero-order chi connectivity index (χ0) is 18.4. The van der Waals surface area contributed by atoms with Crippen molar-refractivity contribution in [3.8, 4) is 0 Å². The highest BCUT2D eigenvalue weighted by molar-refractivity contribution is 5.97. The maximum atomic E-state index is 14.2. The third-order valence-corrected chi connectivity index (χ3v) is 5.14. The van der Waals surface area contributed by atoms with Crippen LogP contribution >= 0.6 is 0 Å². The molecule has 2 heterocycles. The second-order valence-electron chi connectivity index (χ2n) is 6.73. The molecule has 4 nitrogen and oxygen atoms in total. The van der Waals surface area contributed by atoms with Gasteiger partial charge < -0.3 is 5.32 Å². The monoisotopic (exact) mass is 357 g/mol. The molecule has 2 atom stereocenters. The molecule has 0 fully saturated rings. The van der Waals surface area contributed by atoms with E-state index in [0.717, 1.165) is 16.8 Å². The van der Waals surface area contributed by atoms with Crippen LogP contribution in [-0.4, -0.2) is 10.2 Å². The van der Waals surface area contributed by atoms with Gasteiger partial charge >= 0.3 is 0 Å². The van der Waals surface area contributed by atoms with E-state index >= 15 is 0 Å². The second-order valence-corrected chi connectivity index (χ2v) is 6.73. The van der Waals surface area contributed by atoms with E-state index in [1.54, 1.807) is 0 Å². The van der Waals surface area contributed by atoms with Gasteiger partial charge in [0, 0.05) is 11.1 Å². The number of aromatic amines is 1. The normalized spacial score (nSPS) is 18.3. The average molecular weight is 357 g/mol. The summed E-state index contributed by atoms with van der Waals surface area (Å²) in [5.41, 5.74) is 3.11. The van der Waals surface area contributed by atoms with Gasteiger partial charge in [-0.25, -0.2) is 9.49 Å². The fourth-order valence-corrected chi connectivity index (χ4v) is 3.98. The molecule has 1 aliphatic heterocycles. The molecule has 2 N–H and O–H groups in total. The van der Waals surface area contributed by atoms with E-state index in [1.165, 1.54) is 12.1 Å². The van der Waals surface area contributed by atoms with Gasteiger partial charge in [0.2, 0.25) is 0 Å². The van der Waals surface area contributed by atoms with Gasteiger partial charge in [-0.3, -0.25) is 4.79 Å². The smallest absolute Gasteiger partial charge is 0.272 e. The van der Waals surface area contributed by atoms with E-state index in [1.807, 2.05) is 48.5 Å². The number of anilines is 1. The van der Waals surface area contributed by atoms with Crippen LogP contribution in [0.3, 0.4) is 0 Å². The SMILES string of the molecule is O=c1[nH]nc2c3c(cc(F)cc13)N[C@H](c1ccccc1)[C@H]2c1ccccc1. The summed E-state index contributed by atoms with van der Waals surface area (Å²) < 4.78 is 14.2. The number of nitrogens with zero attached hydrogens (tertiary/aromatic N) is 1. The predicted octanol–water partition coefficient (Wildman–Crippen LogP) is 4.36. The third-order valence-electron chi connectivity index (χ3n) is 5.14. The summed E-state index contributed by atoms with van der Waals surface area (Å²) >= 11 is 0. The number of benzene rings is 3. The molecule has 0 spiro atoms. The Balaban J connectivity index is 1.83. The van der Waals surface area contributed by atoms with E-state index in [-0.39, 0.29) is 17.5 Å². The predicted molar refractivity (Wildman–Crippen MR) is 103 cm³/mol. The molecular weight excluding hydrogens is 341 g/mol. The average Bonchev–Trinajstić information content (AvgIpc) is 2.71. The zero-order valence-corrected chi connectivity index (χ0v) is 14.3. The molecule has 5 rings (SSSR count). The number of hydrogen-bond donors (Lipinski definition) is 2. The molecule has 27 heavy (non-hydrogen) atoms. The fourth-order valence-electron chi connectivity index (χ4n) is 3.98. The molecule has 0 bridgehead atoms. The van der Waals surface area contributed by atoms with Crippen molar-refractivity contribution >= 4 is 16.5 Å². The standard InChI is InChI=1S/C22H16FN3O/c23-15-11-16-19-17(12-15)24-20(14-9-5-2-6-10-14)18(13-7-3-1-4-8-13)21(19)25-26-22(16)27/h1-12,18,20,24H,(H,26,27)/t18-,20-/m1/s1. The molecular formula is C22H16FN3O. The highest BCUT2D eigenvalue weighted by Crippen LogP contribution is 2.46. The molecule has 0 saturated heterocycles. The maximum absolute atomic E-state index is 14.2. The quantitative estimate of drug-likeness (QED) is 0.560. The van der Waals surface area contributed by atoms with Crippen molar-refractivity contribution in [1.29, 1.82) is 0 Å². The Hall–Kier alpha value is -3.47. The number of aromatic nitrogens is 2. The molecule has 1 aliphatic rings. The topological polar surface area (TPSA) is 57.8 Å². The first kappa shape index (κ1) is 15.8. The minimum absolute atomic E-state index is 0.120. The number of H-pyrrole nitrogens is 1. The van der Waals surface area contributed by atoms with Crippen LogP contribution in [-0.2, 0) is 0 Å². The molecule has 0 radical (unpaired) electrons. The van der Waals surface area contributed by atoms with E-state index in [2.05, 4.69) is 27.6 Å². The van der Waals surface area contributed by atoms with E-state index in [9.17, 15) is 9.18 Å². The van der Waals surface area contributed by atoms with Gasteiger partial charge in [-0.05, 0) is 23.3 Å². The van der Waals surface area contributed by atoms with E-state index < -0.39 is 5.82 Å². The Morgan fingerprint density at radius 3 is 2.26 bits per heavy atom. The highest BCUT2D eigenvalue weighted by Gasteiger charge is 2.34. The van der Waals surface area contributed by atoms with Crippen molar-refractivity contribution in [2.24, 2.45) is 0 Å². The Morgan fingerprint density at radius 2 is 1.56 bits per heavy atom. The van der Waals surface area contributed by atoms with Crippen molar-refractivity contribution in [3.05, 3.63) is 106 Å². The van der Waals surface area contributed by atoms with Crippen molar-refractivity contribution < 1.29 is 4.39 Å². The van der Waals surface area contributed by atoms with Crippen LogP contribution in [0, 0.1) is 5.82 Å². The van der Waals surface area contributed by atoms with Crippen LogP contribution in [0.2, 0.25) is 0 Å². The molecule has 0 amide bonds. The van der Waals surface area contributed by atoms with Crippen LogP contribution < -0.4 is 10.9 Å². The highest BCUT2D eigenvalue weighted by atomic mass is 19.1. The molecule has 0 aliphatic carbocycles. The molecule has 132 valence electrons. The van der Waals surface area contributed by atoms with Gasteiger partial charge in [0.1, 0.15) is 5.82 Å². The minimum Gasteiger partial charge on any atom is -0.377 e. The van der Waals surface area contributed by atoms with Crippen molar-refractivity contribution in [1.82, 2.24) is 10.2 Å². The van der Waals surface area contributed by atoms with Gasteiger partial charge in [0.25, 0.3) is 5.56 Å². The summed E-state index contributed by atoms with van der Waals surface area (Å²) in [6.07, 6.45) is 0. The lowest BCUT2D eigenvalue weighted by atomic mass is 9.80. The van der Waals surface area contributed by atoms with Gasteiger partial charge in [-0.15, -0.1) is 0 Å². The summed E-state index contributed by atoms with van der Waals surface area (Å²) in [6, 6.07) is 22.6. The number of rotatable bonds is 2. The van der Waals surface area contributed by atoms with Gasteiger partial charge in [-0.2, -0.15) is 5.10 Å². The van der Waals surface area contributed by atoms with Gasteiger partial charge in [0.05, 0.1) is 23.0 Å². The summed E-state index contributed by atoms with van der Waals surface area (Å²) in [5.74, 6) is -0.566. The zero-order valence-electron chi connectivity index (χ0n) is 14.3. The Labute approximate surface area is 154 Å². The molecule has 3 aromatic carbocycles. The van der Waals surface area contributed by atoms with Crippen LogP contribution in [0.1, 0.15) is 28.8 Å². The molecule has 4 aromatic rings. The largest absolute Gasteiger partial charge is 0.377 e. The molecule has 0 unspecified atom stereocenters. The number of halogens is 1. The van der Waals surface area contributed by atoms with Crippen LogP contribution in [0.5, 0.6) is 0 Å². The third kappa shape index (κ3) is 2.51. The lowest BCUT2D eigenvalue weighted by molar-refractivity contribution is 0.619. The minimum atomic E-state index is -0.447. The molecule has 1 aromatic heterocycles. The number of hydrogen-bond acceptors (Lipinski definition) is 3. The first-order valence-electron chi connectivity index (χ1n) is 8.80.